The summed E-state index contributed by atoms with van der Waals surface area (Å²) in [7, 11) is 0. The minimum absolute atomic E-state index is 0.533. The molecule has 0 saturated carbocycles. The van der Waals surface area contributed by atoms with Gasteiger partial charge in [0.25, 0.3) is 0 Å². The van der Waals surface area contributed by atoms with E-state index in [1.54, 1.807) is 6.20 Å². The molecule has 0 spiro atoms. The van der Waals surface area contributed by atoms with Gasteiger partial charge in [0, 0.05) is 18.3 Å². The Kier molecular flexibility index (Phi) is 4.99. The Balaban J connectivity index is 2.11. The standard InChI is InChI=1S/C17H22N2O/c1-4-10-18-17-15(9-6-11-19-17)12-20-16-13(2)7-5-8-14(16)3/h5-9,11H,4,10,12H2,1-3H3,(H,18,19). The lowest BCUT2D eigenvalue weighted by atomic mass is 10.1. The smallest absolute Gasteiger partial charge is 0.132 e. The van der Waals surface area contributed by atoms with Crippen LogP contribution in [0, 0.1) is 13.8 Å². The molecule has 2 rings (SSSR count). The third-order valence-corrected chi connectivity index (χ3v) is 3.21. The van der Waals surface area contributed by atoms with Crippen LogP contribution in [0.1, 0.15) is 30.0 Å². The van der Waals surface area contributed by atoms with Crippen molar-refractivity contribution in [3.63, 3.8) is 0 Å². The van der Waals surface area contributed by atoms with Gasteiger partial charge in [-0.3, -0.25) is 0 Å². The van der Waals surface area contributed by atoms with Crippen molar-refractivity contribution in [1.82, 2.24) is 4.98 Å². The van der Waals surface area contributed by atoms with E-state index in [2.05, 4.69) is 55.3 Å². The normalized spacial score (nSPS) is 10.3. The summed E-state index contributed by atoms with van der Waals surface area (Å²) in [5, 5.41) is 3.34. The van der Waals surface area contributed by atoms with Crippen LogP contribution in [0.2, 0.25) is 0 Å². The SMILES string of the molecule is CCCNc1ncccc1COc1c(C)cccc1C. The Labute approximate surface area is 121 Å². The first-order valence-electron chi connectivity index (χ1n) is 7.09. The van der Waals surface area contributed by atoms with Crippen LogP contribution in [0.25, 0.3) is 0 Å². The number of ether oxygens (including phenoxy) is 1. The van der Waals surface area contributed by atoms with Gasteiger partial charge in [-0.05, 0) is 37.5 Å². The Bertz CT molecular complexity index is 546. The van der Waals surface area contributed by atoms with Crippen LogP contribution in [-0.4, -0.2) is 11.5 Å². The van der Waals surface area contributed by atoms with Crippen molar-refractivity contribution in [3.8, 4) is 5.75 Å². The van der Waals surface area contributed by atoms with Crippen molar-refractivity contribution in [2.75, 3.05) is 11.9 Å². The molecule has 20 heavy (non-hydrogen) atoms. The lowest BCUT2D eigenvalue weighted by Gasteiger charge is -2.14. The summed E-state index contributed by atoms with van der Waals surface area (Å²) >= 11 is 0. The largest absolute Gasteiger partial charge is 0.488 e. The lowest BCUT2D eigenvalue weighted by Crippen LogP contribution is -2.07. The van der Waals surface area contributed by atoms with Gasteiger partial charge in [0.05, 0.1) is 0 Å². The highest BCUT2D eigenvalue weighted by Gasteiger charge is 2.07. The number of rotatable bonds is 6. The van der Waals surface area contributed by atoms with E-state index >= 15 is 0 Å². The van der Waals surface area contributed by atoms with Gasteiger partial charge in [0.2, 0.25) is 0 Å². The number of hydrogen-bond donors (Lipinski definition) is 1. The second-order valence-electron chi connectivity index (χ2n) is 4.95. The van der Waals surface area contributed by atoms with E-state index in [0.29, 0.717) is 6.61 Å². The highest BCUT2D eigenvalue weighted by Crippen LogP contribution is 2.24. The summed E-state index contributed by atoms with van der Waals surface area (Å²) in [6.45, 7) is 7.74. The first-order valence-corrected chi connectivity index (χ1v) is 7.09. The molecule has 3 nitrogen and oxygen atoms in total. The molecule has 0 aliphatic rings. The number of aromatic nitrogens is 1. The zero-order valence-electron chi connectivity index (χ0n) is 12.4. The lowest BCUT2D eigenvalue weighted by molar-refractivity contribution is 0.302. The van der Waals surface area contributed by atoms with E-state index in [9.17, 15) is 0 Å². The predicted molar refractivity (Wildman–Crippen MR) is 83.3 cm³/mol. The summed E-state index contributed by atoms with van der Waals surface area (Å²) < 4.78 is 5.99. The molecule has 0 amide bonds. The van der Waals surface area contributed by atoms with Crippen molar-refractivity contribution in [2.45, 2.75) is 33.8 Å². The summed E-state index contributed by atoms with van der Waals surface area (Å²) in [6.07, 6.45) is 2.88. The highest BCUT2D eigenvalue weighted by atomic mass is 16.5. The van der Waals surface area contributed by atoms with Crippen LogP contribution in [0.3, 0.4) is 0 Å². The quantitative estimate of drug-likeness (QED) is 0.858. The third-order valence-electron chi connectivity index (χ3n) is 3.21. The van der Waals surface area contributed by atoms with Crippen molar-refractivity contribution < 1.29 is 4.74 Å². The molecule has 0 unspecified atom stereocenters. The molecule has 2 aromatic rings. The zero-order chi connectivity index (χ0) is 14.4. The molecule has 0 bridgehead atoms. The van der Waals surface area contributed by atoms with E-state index in [1.807, 2.05) is 6.07 Å². The first-order chi connectivity index (χ1) is 9.72. The molecule has 0 saturated heterocycles. The highest BCUT2D eigenvalue weighted by molar-refractivity contribution is 5.44. The van der Waals surface area contributed by atoms with Crippen LogP contribution in [0.5, 0.6) is 5.75 Å². The molecular formula is C17H22N2O. The Hall–Kier alpha value is -2.03. The number of nitrogens with zero attached hydrogens (tertiary/aromatic N) is 1. The fourth-order valence-corrected chi connectivity index (χ4v) is 2.13. The van der Waals surface area contributed by atoms with Gasteiger partial charge >= 0.3 is 0 Å². The van der Waals surface area contributed by atoms with Gasteiger partial charge in [0.1, 0.15) is 18.2 Å². The van der Waals surface area contributed by atoms with Crippen LogP contribution < -0.4 is 10.1 Å². The summed E-state index contributed by atoms with van der Waals surface area (Å²) in [6, 6.07) is 10.2. The molecular weight excluding hydrogens is 248 g/mol. The van der Waals surface area contributed by atoms with Crippen molar-refractivity contribution >= 4 is 5.82 Å². The number of para-hydroxylation sites is 1. The molecule has 0 aliphatic heterocycles. The van der Waals surface area contributed by atoms with Crippen molar-refractivity contribution in [3.05, 3.63) is 53.2 Å². The third kappa shape index (κ3) is 3.50. The van der Waals surface area contributed by atoms with E-state index in [4.69, 9.17) is 4.74 Å². The van der Waals surface area contributed by atoms with Gasteiger partial charge in [-0.25, -0.2) is 4.98 Å². The van der Waals surface area contributed by atoms with Crippen LogP contribution in [-0.2, 0) is 6.61 Å². The zero-order valence-corrected chi connectivity index (χ0v) is 12.4. The van der Waals surface area contributed by atoms with E-state index in [-0.39, 0.29) is 0 Å². The number of benzene rings is 1. The van der Waals surface area contributed by atoms with E-state index < -0.39 is 0 Å². The minimum Gasteiger partial charge on any atom is -0.488 e. The number of aryl methyl sites for hydroxylation is 2. The second kappa shape index (κ2) is 6.94. The number of pyridine rings is 1. The van der Waals surface area contributed by atoms with Gasteiger partial charge < -0.3 is 10.1 Å². The Morgan fingerprint density at radius 3 is 2.55 bits per heavy atom. The molecule has 106 valence electrons. The molecule has 0 radical (unpaired) electrons. The van der Waals surface area contributed by atoms with E-state index in [1.165, 1.54) is 0 Å². The van der Waals surface area contributed by atoms with Gasteiger partial charge in [-0.15, -0.1) is 0 Å². The molecule has 3 heteroatoms. The average Bonchev–Trinajstić information content (AvgIpc) is 2.45. The summed E-state index contributed by atoms with van der Waals surface area (Å²) in [4.78, 5) is 4.38. The average molecular weight is 270 g/mol. The van der Waals surface area contributed by atoms with Crippen LogP contribution >= 0.6 is 0 Å². The molecule has 1 aromatic carbocycles. The number of anilines is 1. The topological polar surface area (TPSA) is 34.2 Å². The van der Waals surface area contributed by atoms with Crippen LogP contribution in [0.4, 0.5) is 5.82 Å². The van der Waals surface area contributed by atoms with E-state index in [0.717, 1.165) is 41.2 Å². The minimum atomic E-state index is 0.533. The Morgan fingerprint density at radius 2 is 1.85 bits per heavy atom. The second-order valence-corrected chi connectivity index (χ2v) is 4.95. The first kappa shape index (κ1) is 14.4. The molecule has 1 aromatic heterocycles. The molecule has 0 aliphatic carbocycles. The Morgan fingerprint density at radius 1 is 1.10 bits per heavy atom. The monoisotopic (exact) mass is 270 g/mol. The van der Waals surface area contributed by atoms with Crippen molar-refractivity contribution in [1.29, 1.82) is 0 Å². The fourth-order valence-electron chi connectivity index (χ4n) is 2.13. The molecule has 0 fully saturated rings. The predicted octanol–water partition coefficient (Wildman–Crippen LogP) is 4.10. The van der Waals surface area contributed by atoms with Crippen molar-refractivity contribution in [2.24, 2.45) is 0 Å². The fraction of sp³-hybridized carbons (Fsp3) is 0.353. The molecule has 1 heterocycles. The molecule has 0 atom stereocenters. The molecule has 1 N–H and O–H groups in total. The maximum atomic E-state index is 5.99. The van der Waals surface area contributed by atoms with Crippen LogP contribution in [0.15, 0.2) is 36.5 Å². The summed E-state index contributed by atoms with van der Waals surface area (Å²) in [5.41, 5.74) is 3.41. The summed E-state index contributed by atoms with van der Waals surface area (Å²) in [5.74, 6) is 1.89. The maximum Gasteiger partial charge on any atom is 0.132 e. The number of hydrogen-bond acceptors (Lipinski definition) is 3. The van der Waals surface area contributed by atoms with Gasteiger partial charge in [-0.2, -0.15) is 0 Å². The van der Waals surface area contributed by atoms with Gasteiger partial charge in [0.15, 0.2) is 0 Å². The van der Waals surface area contributed by atoms with Gasteiger partial charge in [-0.1, -0.05) is 31.2 Å². The maximum absolute atomic E-state index is 5.99. The number of nitrogens with one attached hydrogen (secondary N) is 1.